The van der Waals surface area contributed by atoms with Crippen LogP contribution in [0.15, 0.2) is 16.1 Å². The number of aromatic nitrogens is 4. The Kier molecular flexibility index (Phi) is 2.69. The fourth-order valence-corrected chi connectivity index (χ4v) is 1.29. The SMILES string of the molecule is COC=Nc1nc2c(ncn2C(C)=O)c(=O)[nH]1. The molecule has 0 saturated carbocycles. The number of hydrogen-bond donors (Lipinski definition) is 1. The Morgan fingerprint density at radius 3 is 3.06 bits per heavy atom. The first-order valence-corrected chi connectivity index (χ1v) is 4.67. The van der Waals surface area contributed by atoms with E-state index in [1.54, 1.807) is 0 Å². The van der Waals surface area contributed by atoms with Gasteiger partial charge in [-0.25, -0.2) is 4.98 Å². The number of rotatable bonds is 2. The average Bonchev–Trinajstić information content (AvgIpc) is 2.70. The minimum absolute atomic E-state index is 0.0485. The molecule has 0 saturated heterocycles. The molecule has 0 amide bonds. The Morgan fingerprint density at radius 1 is 1.65 bits per heavy atom. The van der Waals surface area contributed by atoms with Gasteiger partial charge in [0.15, 0.2) is 17.6 Å². The predicted octanol–water partition coefficient (Wildman–Crippen LogP) is 0.0859. The van der Waals surface area contributed by atoms with Gasteiger partial charge in [-0.05, 0) is 0 Å². The molecule has 2 aromatic rings. The third-order valence-corrected chi connectivity index (χ3v) is 2.01. The number of carbonyl (C=O) groups excluding carboxylic acids is 1. The number of aliphatic imine (C=N–C) groups is 1. The van der Waals surface area contributed by atoms with E-state index >= 15 is 0 Å². The second kappa shape index (κ2) is 4.16. The normalized spacial score (nSPS) is 11.2. The highest BCUT2D eigenvalue weighted by atomic mass is 16.5. The van der Waals surface area contributed by atoms with Crippen molar-refractivity contribution in [3.8, 4) is 0 Å². The largest absolute Gasteiger partial charge is 0.486 e. The standard InChI is InChI=1S/C9H9N5O3/c1-5(15)14-3-10-6-7(14)12-9(11-4-17-2)13-8(6)16/h3-4H,1-2H3,(H,12,13,16). The molecule has 0 aliphatic rings. The predicted molar refractivity (Wildman–Crippen MR) is 59.6 cm³/mol. The highest BCUT2D eigenvalue weighted by Crippen LogP contribution is 2.08. The van der Waals surface area contributed by atoms with Gasteiger partial charge in [-0.1, -0.05) is 0 Å². The molecule has 0 bridgehead atoms. The van der Waals surface area contributed by atoms with Crippen molar-refractivity contribution in [3.63, 3.8) is 0 Å². The molecule has 0 aliphatic heterocycles. The number of hydrogen-bond acceptors (Lipinski definition) is 6. The first-order chi connectivity index (χ1) is 8.13. The molecule has 88 valence electrons. The van der Waals surface area contributed by atoms with Crippen LogP contribution in [0.1, 0.15) is 11.7 Å². The maximum atomic E-state index is 11.6. The lowest BCUT2D eigenvalue weighted by Gasteiger charge is -1.97. The van der Waals surface area contributed by atoms with E-state index in [0.29, 0.717) is 0 Å². The second-order valence-electron chi connectivity index (χ2n) is 3.17. The molecule has 0 fully saturated rings. The van der Waals surface area contributed by atoms with Crippen LogP contribution in [-0.2, 0) is 4.74 Å². The summed E-state index contributed by atoms with van der Waals surface area (Å²) < 4.78 is 5.79. The summed E-state index contributed by atoms with van der Waals surface area (Å²) >= 11 is 0. The van der Waals surface area contributed by atoms with Gasteiger partial charge < -0.3 is 4.74 Å². The van der Waals surface area contributed by atoms with Gasteiger partial charge >= 0.3 is 0 Å². The van der Waals surface area contributed by atoms with Crippen LogP contribution in [0.5, 0.6) is 0 Å². The number of H-pyrrole nitrogens is 1. The first-order valence-electron chi connectivity index (χ1n) is 4.67. The van der Waals surface area contributed by atoms with Crippen molar-refractivity contribution in [1.29, 1.82) is 0 Å². The monoisotopic (exact) mass is 235 g/mol. The van der Waals surface area contributed by atoms with Crippen LogP contribution in [0.3, 0.4) is 0 Å². The average molecular weight is 235 g/mol. The molecular formula is C9H9N5O3. The van der Waals surface area contributed by atoms with Crippen molar-refractivity contribution in [2.24, 2.45) is 4.99 Å². The molecule has 17 heavy (non-hydrogen) atoms. The Hall–Kier alpha value is -2.51. The Balaban J connectivity index is 2.69. The van der Waals surface area contributed by atoms with Crippen molar-refractivity contribution in [3.05, 3.63) is 16.7 Å². The van der Waals surface area contributed by atoms with Gasteiger partial charge in [0.25, 0.3) is 5.56 Å². The Bertz CT molecular complexity index is 654. The number of methoxy groups -OCH3 is 1. The lowest BCUT2D eigenvalue weighted by molar-refractivity contribution is 0.0940. The maximum Gasteiger partial charge on any atom is 0.280 e. The zero-order valence-electron chi connectivity index (χ0n) is 9.17. The lowest BCUT2D eigenvalue weighted by Crippen LogP contribution is -2.10. The van der Waals surface area contributed by atoms with E-state index in [-0.39, 0.29) is 23.0 Å². The summed E-state index contributed by atoms with van der Waals surface area (Å²) in [5.74, 6) is -0.236. The molecule has 0 atom stereocenters. The van der Waals surface area contributed by atoms with Gasteiger partial charge in [0.1, 0.15) is 6.33 Å². The van der Waals surface area contributed by atoms with Crippen molar-refractivity contribution < 1.29 is 9.53 Å². The third-order valence-electron chi connectivity index (χ3n) is 2.01. The molecule has 8 heteroatoms. The zero-order chi connectivity index (χ0) is 12.4. The molecular weight excluding hydrogens is 226 g/mol. The zero-order valence-corrected chi connectivity index (χ0v) is 9.17. The molecule has 0 aliphatic carbocycles. The van der Waals surface area contributed by atoms with E-state index in [9.17, 15) is 9.59 Å². The van der Waals surface area contributed by atoms with Crippen LogP contribution in [-0.4, -0.2) is 38.9 Å². The smallest absolute Gasteiger partial charge is 0.280 e. The Labute approximate surface area is 95.0 Å². The van der Waals surface area contributed by atoms with Crippen molar-refractivity contribution in [1.82, 2.24) is 19.5 Å². The number of nitrogens with one attached hydrogen (secondary N) is 1. The van der Waals surface area contributed by atoms with Gasteiger partial charge in [-0.2, -0.15) is 9.98 Å². The fourth-order valence-electron chi connectivity index (χ4n) is 1.29. The number of carbonyl (C=O) groups is 1. The van der Waals surface area contributed by atoms with Crippen LogP contribution < -0.4 is 5.56 Å². The molecule has 2 heterocycles. The van der Waals surface area contributed by atoms with Crippen molar-refractivity contribution >= 4 is 29.4 Å². The molecule has 8 nitrogen and oxygen atoms in total. The van der Waals surface area contributed by atoms with Gasteiger partial charge in [0.2, 0.25) is 11.9 Å². The molecule has 1 N–H and O–H groups in total. The van der Waals surface area contributed by atoms with Gasteiger partial charge in [0.05, 0.1) is 7.11 Å². The number of aromatic amines is 1. The quantitative estimate of drug-likeness (QED) is 0.586. The summed E-state index contributed by atoms with van der Waals surface area (Å²) in [6, 6.07) is 0. The number of imidazole rings is 1. The molecule has 0 unspecified atom stereocenters. The van der Waals surface area contributed by atoms with E-state index in [0.717, 1.165) is 6.40 Å². The third kappa shape index (κ3) is 1.92. The summed E-state index contributed by atoms with van der Waals surface area (Å²) in [4.78, 5) is 36.8. The first kappa shape index (κ1) is 11.0. The summed E-state index contributed by atoms with van der Waals surface area (Å²) in [5, 5.41) is 0. The summed E-state index contributed by atoms with van der Waals surface area (Å²) in [6.45, 7) is 1.35. The molecule has 0 radical (unpaired) electrons. The number of ether oxygens (including phenoxy) is 1. The van der Waals surface area contributed by atoms with E-state index < -0.39 is 5.56 Å². The van der Waals surface area contributed by atoms with E-state index in [1.165, 1.54) is 24.9 Å². The van der Waals surface area contributed by atoms with E-state index in [2.05, 4.69) is 24.7 Å². The fraction of sp³-hybridized carbons (Fsp3) is 0.222. The van der Waals surface area contributed by atoms with Gasteiger partial charge in [-0.3, -0.25) is 19.1 Å². The highest BCUT2D eigenvalue weighted by molar-refractivity contribution is 5.86. The number of nitrogens with zero attached hydrogens (tertiary/aromatic N) is 4. The molecule has 0 aromatic carbocycles. The van der Waals surface area contributed by atoms with Gasteiger partial charge in [-0.15, -0.1) is 0 Å². The molecule has 0 spiro atoms. The summed E-state index contributed by atoms with van der Waals surface area (Å²) in [6.07, 6.45) is 2.37. The van der Waals surface area contributed by atoms with Crippen LogP contribution >= 0.6 is 0 Å². The van der Waals surface area contributed by atoms with Crippen molar-refractivity contribution in [2.75, 3.05) is 7.11 Å². The lowest BCUT2D eigenvalue weighted by atomic mass is 10.5. The maximum absolute atomic E-state index is 11.6. The Morgan fingerprint density at radius 2 is 2.41 bits per heavy atom. The second-order valence-corrected chi connectivity index (χ2v) is 3.17. The van der Waals surface area contributed by atoms with Crippen LogP contribution in [0, 0.1) is 0 Å². The molecule has 2 aromatic heterocycles. The van der Waals surface area contributed by atoms with Crippen LogP contribution in [0.4, 0.5) is 5.95 Å². The highest BCUT2D eigenvalue weighted by Gasteiger charge is 2.11. The summed E-state index contributed by atoms with van der Waals surface area (Å²) in [7, 11) is 1.42. The van der Waals surface area contributed by atoms with E-state index in [4.69, 9.17) is 0 Å². The van der Waals surface area contributed by atoms with Gasteiger partial charge in [0, 0.05) is 6.92 Å². The van der Waals surface area contributed by atoms with Crippen LogP contribution in [0.2, 0.25) is 0 Å². The summed E-state index contributed by atoms with van der Waals surface area (Å²) in [5.41, 5.74) is -0.195. The topological polar surface area (TPSA) is 102 Å². The minimum Gasteiger partial charge on any atom is -0.486 e. The van der Waals surface area contributed by atoms with E-state index in [1.807, 2.05) is 0 Å². The number of fused-ring (bicyclic) bond motifs is 1. The molecule has 2 rings (SSSR count). The van der Waals surface area contributed by atoms with Crippen LogP contribution in [0.25, 0.3) is 11.2 Å². The van der Waals surface area contributed by atoms with Crippen molar-refractivity contribution in [2.45, 2.75) is 6.92 Å². The minimum atomic E-state index is -0.460.